The molecule has 1 N–H and O–H groups in total. The SMILES string of the molecule is CCOC(=O)CCCCCN1C[C@H]2CNC[C@H]2C1. The highest BCUT2D eigenvalue weighted by atomic mass is 16.5. The van der Waals surface area contributed by atoms with Gasteiger partial charge < -0.3 is 15.0 Å². The fourth-order valence-corrected chi connectivity index (χ4v) is 3.15. The molecule has 2 aliphatic heterocycles. The minimum absolute atomic E-state index is 0.0423. The number of carbonyl (C=O) groups is 1. The number of rotatable bonds is 7. The third-order valence-corrected chi connectivity index (χ3v) is 4.13. The number of esters is 1. The van der Waals surface area contributed by atoms with Gasteiger partial charge in [0.15, 0.2) is 0 Å². The van der Waals surface area contributed by atoms with Gasteiger partial charge in [0.05, 0.1) is 6.61 Å². The summed E-state index contributed by atoms with van der Waals surface area (Å²) in [5, 5.41) is 3.47. The number of hydrogen-bond acceptors (Lipinski definition) is 4. The molecule has 18 heavy (non-hydrogen) atoms. The van der Waals surface area contributed by atoms with Crippen LogP contribution < -0.4 is 5.32 Å². The molecule has 0 saturated carbocycles. The Morgan fingerprint density at radius 2 is 1.94 bits per heavy atom. The van der Waals surface area contributed by atoms with Crippen LogP contribution in [0.5, 0.6) is 0 Å². The number of unbranched alkanes of at least 4 members (excludes halogenated alkanes) is 2. The Morgan fingerprint density at radius 1 is 1.22 bits per heavy atom. The lowest BCUT2D eigenvalue weighted by atomic mass is 10.0. The van der Waals surface area contributed by atoms with E-state index in [1.807, 2.05) is 6.92 Å². The van der Waals surface area contributed by atoms with E-state index >= 15 is 0 Å². The Morgan fingerprint density at radius 3 is 2.61 bits per heavy atom. The minimum Gasteiger partial charge on any atom is -0.466 e. The van der Waals surface area contributed by atoms with Gasteiger partial charge in [-0.05, 0) is 51.2 Å². The van der Waals surface area contributed by atoms with Crippen LogP contribution in [0.4, 0.5) is 0 Å². The molecule has 2 aliphatic rings. The summed E-state index contributed by atoms with van der Waals surface area (Å²) >= 11 is 0. The van der Waals surface area contributed by atoms with Crippen molar-refractivity contribution in [3.05, 3.63) is 0 Å². The summed E-state index contributed by atoms with van der Waals surface area (Å²) in [7, 11) is 0. The first-order chi connectivity index (χ1) is 8.79. The van der Waals surface area contributed by atoms with E-state index in [0.29, 0.717) is 13.0 Å². The van der Waals surface area contributed by atoms with Crippen molar-refractivity contribution in [1.82, 2.24) is 10.2 Å². The average molecular weight is 254 g/mol. The molecule has 0 bridgehead atoms. The number of carbonyl (C=O) groups excluding carboxylic acids is 1. The molecular weight excluding hydrogens is 228 g/mol. The van der Waals surface area contributed by atoms with Gasteiger partial charge in [-0.1, -0.05) is 6.42 Å². The maximum Gasteiger partial charge on any atom is 0.305 e. The van der Waals surface area contributed by atoms with E-state index in [-0.39, 0.29) is 5.97 Å². The number of hydrogen-bond donors (Lipinski definition) is 1. The Hall–Kier alpha value is -0.610. The fourth-order valence-electron chi connectivity index (χ4n) is 3.15. The van der Waals surface area contributed by atoms with E-state index < -0.39 is 0 Å². The van der Waals surface area contributed by atoms with Gasteiger partial charge in [0, 0.05) is 19.5 Å². The second-order valence-corrected chi connectivity index (χ2v) is 5.55. The molecule has 2 heterocycles. The maximum atomic E-state index is 11.2. The van der Waals surface area contributed by atoms with Gasteiger partial charge in [0.2, 0.25) is 0 Å². The van der Waals surface area contributed by atoms with E-state index in [2.05, 4.69) is 10.2 Å². The van der Waals surface area contributed by atoms with Crippen molar-refractivity contribution in [3.63, 3.8) is 0 Å². The second kappa shape index (κ2) is 7.10. The number of nitrogens with one attached hydrogen (secondary N) is 1. The highest BCUT2D eigenvalue weighted by Crippen LogP contribution is 2.26. The van der Waals surface area contributed by atoms with Gasteiger partial charge in [-0.3, -0.25) is 4.79 Å². The molecule has 0 aromatic rings. The first-order valence-electron chi connectivity index (χ1n) is 7.38. The lowest BCUT2D eigenvalue weighted by Crippen LogP contribution is -2.26. The van der Waals surface area contributed by atoms with Crippen molar-refractivity contribution in [1.29, 1.82) is 0 Å². The van der Waals surface area contributed by atoms with Gasteiger partial charge in [-0.25, -0.2) is 0 Å². The zero-order valence-electron chi connectivity index (χ0n) is 11.5. The molecule has 2 atom stereocenters. The van der Waals surface area contributed by atoms with Crippen molar-refractivity contribution in [2.45, 2.75) is 32.6 Å². The Bertz CT molecular complexity index is 259. The van der Waals surface area contributed by atoms with Gasteiger partial charge in [-0.15, -0.1) is 0 Å². The molecule has 0 radical (unpaired) electrons. The van der Waals surface area contributed by atoms with Crippen LogP contribution in [-0.4, -0.2) is 50.2 Å². The molecule has 0 aromatic heterocycles. The molecule has 4 nitrogen and oxygen atoms in total. The number of fused-ring (bicyclic) bond motifs is 1. The van der Waals surface area contributed by atoms with Crippen LogP contribution >= 0.6 is 0 Å². The second-order valence-electron chi connectivity index (χ2n) is 5.55. The first kappa shape index (κ1) is 13.8. The third kappa shape index (κ3) is 3.95. The van der Waals surface area contributed by atoms with Gasteiger partial charge in [0.25, 0.3) is 0 Å². The van der Waals surface area contributed by atoms with Gasteiger partial charge >= 0.3 is 5.97 Å². The molecule has 4 heteroatoms. The molecule has 104 valence electrons. The van der Waals surface area contributed by atoms with Crippen molar-refractivity contribution in [3.8, 4) is 0 Å². The summed E-state index contributed by atoms with van der Waals surface area (Å²) < 4.78 is 4.92. The van der Waals surface area contributed by atoms with E-state index in [1.54, 1.807) is 0 Å². The van der Waals surface area contributed by atoms with Crippen LogP contribution in [0.25, 0.3) is 0 Å². The van der Waals surface area contributed by atoms with Crippen molar-refractivity contribution in [2.75, 3.05) is 39.3 Å². The molecule has 0 amide bonds. The predicted octanol–water partition coefficient (Wildman–Crippen LogP) is 1.26. The maximum absolute atomic E-state index is 11.2. The number of likely N-dealkylation sites (tertiary alicyclic amines) is 1. The third-order valence-electron chi connectivity index (χ3n) is 4.13. The van der Waals surface area contributed by atoms with Crippen LogP contribution in [-0.2, 0) is 9.53 Å². The molecule has 0 unspecified atom stereocenters. The lowest BCUT2D eigenvalue weighted by molar-refractivity contribution is -0.143. The first-order valence-corrected chi connectivity index (χ1v) is 7.38. The number of ether oxygens (including phenoxy) is 1. The molecule has 0 aromatic carbocycles. The van der Waals surface area contributed by atoms with Gasteiger partial charge in [-0.2, -0.15) is 0 Å². The molecule has 2 fully saturated rings. The Balaban J connectivity index is 1.48. The van der Waals surface area contributed by atoms with Crippen LogP contribution in [0.1, 0.15) is 32.6 Å². The summed E-state index contributed by atoms with van der Waals surface area (Å²) in [5.74, 6) is 1.74. The Labute approximate surface area is 110 Å². The zero-order chi connectivity index (χ0) is 12.8. The Kier molecular flexibility index (Phi) is 5.45. The molecule has 0 aliphatic carbocycles. The zero-order valence-corrected chi connectivity index (χ0v) is 11.5. The standard InChI is InChI=1S/C14H26N2O2/c1-2-18-14(17)6-4-3-5-7-16-10-12-8-15-9-13(12)11-16/h12-13,15H,2-11H2,1H3/t12-,13+. The van der Waals surface area contributed by atoms with Crippen molar-refractivity contribution < 1.29 is 9.53 Å². The highest BCUT2D eigenvalue weighted by Gasteiger charge is 2.35. The summed E-state index contributed by atoms with van der Waals surface area (Å²) in [6.07, 6.45) is 3.92. The van der Waals surface area contributed by atoms with E-state index in [0.717, 1.165) is 24.7 Å². The molecule has 2 saturated heterocycles. The average Bonchev–Trinajstić information content (AvgIpc) is 2.89. The predicted molar refractivity (Wildman–Crippen MR) is 71.4 cm³/mol. The quantitative estimate of drug-likeness (QED) is 0.548. The molecular formula is C14H26N2O2. The van der Waals surface area contributed by atoms with Crippen LogP contribution in [0, 0.1) is 11.8 Å². The number of nitrogens with zero attached hydrogens (tertiary/aromatic N) is 1. The van der Waals surface area contributed by atoms with Gasteiger partial charge in [0.1, 0.15) is 0 Å². The highest BCUT2D eigenvalue weighted by molar-refractivity contribution is 5.69. The van der Waals surface area contributed by atoms with Crippen molar-refractivity contribution in [2.24, 2.45) is 11.8 Å². The van der Waals surface area contributed by atoms with Crippen LogP contribution in [0.2, 0.25) is 0 Å². The van der Waals surface area contributed by atoms with Crippen LogP contribution in [0.3, 0.4) is 0 Å². The largest absolute Gasteiger partial charge is 0.466 e. The molecule has 0 spiro atoms. The smallest absolute Gasteiger partial charge is 0.305 e. The van der Waals surface area contributed by atoms with Crippen molar-refractivity contribution >= 4 is 5.97 Å². The molecule has 2 rings (SSSR count). The topological polar surface area (TPSA) is 41.6 Å². The fraction of sp³-hybridized carbons (Fsp3) is 0.929. The summed E-state index contributed by atoms with van der Waals surface area (Å²) in [4.78, 5) is 13.8. The monoisotopic (exact) mass is 254 g/mol. The van der Waals surface area contributed by atoms with E-state index in [1.165, 1.54) is 39.1 Å². The lowest BCUT2D eigenvalue weighted by Gasteiger charge is -2.16. The minimum atomic E-state index is -0.0423. The van der Waals surface area contributed by atoms with Crippen LogP contribution in [0.15, 0.2) is 0 Å². The normalized spacial score (nSPS) is 27.4. The van der Waals surface area contributed by atoms with E-state index in [9.17, 15) is 4.79 Å². The summed E-state index contributed by atoms with van der Waals surface area (Å²) in [6, 6.07) is 0. The summed E-state index contributed by atoms with van der Waals surface area (Å²) in [6.45, 7) is 8.54. The van der Waals surface area contributed by atoms with E-state index in [4.69, 9.17) is 4.74 Å². The summed E-state index contributed by atoms with van der Waals surface area (Å²) in [5.41, 5.74) is 0.